The number of primary amides is 1. The minimum absolute atomic E-state index is 0.00273. The fourth-order valence-corrected chi connectivity index (χ4v) is 3.37. The number of nitrogens with two attached hydrogens (primary N) is 2. The van der Waals surface area contributed by atoms with Crippen LogP contribution in [0.15, 0.2) is 33.9 Å². The number of hydrogen-bond acceptors (Lipinski definition) is 5. The lowest BCUT2D eigenvalue weighted by atomic mass is 10.1. The summed E-state index contributed by atoms with van der Waals surface area (Å²) in [6.07, 6.45) is 1.71. The summed E-state index contributed by atoms with van der Waals surface area (Å²) in [5.41, 5.74) is 10.8. The first-order valence-electron chi connectivity index (χ1n) is 8.67. The predicted octanol–water partition coefficient (Wildman–Crippen LogP) is -0.239. The molecule has 0 radical (unpaired) electrons. The summed E-state index contributed by atoms with van der Waals surface area (Å²) in [6, 6.07) is 4.98. The lowest BCUT2D eigenvalue weighted by Gasteiger charge is -2.34. The van der Waals surface area contributed by atoms with Crippen molar-refractivity contribution in [3.8, 4) is 0 Å². The highest BCUT2D eigenvalue weighted by molar-refractivity contribution is 5.94. The first kappa shape index (κ1) is 18.8. The highest BCUT2D eigenvalue weighted by Crippen LogP contribution is 2.19. The van der Waals surface area contributed by atoms with Crippen LogP contribution in [0.1, 0.15) is 28.8 Å². The van der Waals surface area contributed by atoms with Gasteiger partial charge in [0.05, 0.1) is 6.54 Å². The number of carbonyl (C=O) groups is 1. The molecule has 1 saturated heterocycles. The Morgan fingerprint density at radius 2 is 2.04 bits per heavy atom. The summed E-state index contributed by atoms with van der Waals surface area (Å²) in [5.74, 6) is -0.954. The molecular formula is C18H22FN5O3. The van der Waals surface area contributed by atoms with Crippen LogP contribution in [0.25, 0.3) is 0 Å². The average Bonchev–Trinajstić information content (AvgIpc) is 2.63. The third kappa shape index (κ3) is 3.77. The van der Waals surface area contributed by atoms with E-state index in [0.29, 0.717) is 24.5 Å². The molecule has 0 bridgehead atoms. The topological polar surface area (TPSA) is 116 Å². The van der Waals surface area contributed by atoms with E-state index in [1.165, 1.54) is 29.8 Å². The number of piperidine rings is 1. The molecule has 1 aromatic carbocycles. The summed E-state index contributed by atoms with van der Waals surface area (Å²) in [5, 5.41) is 0. The smallest absolute Gasteiger partial charge is 0.332 e. The third-order valence-corrected chi connectivity index (χ3v) is 4.83. The van der Waals surface area contributed by atoms with Crippen LogP contribution in [-0.2, 0) is 13.6 Å². The molecule has 9 heteroatoms. The Labute approximate surface area is 154 Å². The number of nitrogens with zero attached hydrogens (tertiary/aromatic N) is 3. The van der Waals surface area contributed by atoms with E-state index < -0.39 is 23.0 Å². The highest BCUT2D eigenvalue weighted by atomic mass is 19.1. The van der Waals surface area contributed by atoms with Gasteiger partial charge in [0.1, 0.15) is 11.6 Å². The Balaban J connectivity index is 2.13. The zero-order chi connectivity index (χ0) is 19.7. The van der Waals surface area contributed by atoms with Crippen LogP contribution >= 0.6 is 0 Å². The maximum absolute atomic E-state index is 13.5. The van der Waals surface area contributed by atoms with Gasteiger partial charge in [-0.2, -0.15) is 0 Å². The summed E-state index contributed by atoms with van der Waals surface area (Å²) in [6.45, 7) is 1.15. The van der Waals surface area contributed by atoms with Crippen molar-refractivity contribution in [1.29, 1.82) is 0 Å². The van der Waals surface area contributed by atoms with Crippen molar-refractivity contribution in [2.75, 3.05) is 18.0 Å². The van der Waals surface area contributed by atoms with E-state index >= 15 is 0 Å². The Morgan fingerprint density at radius 1 is 1.30 bits per heavy atom. The van der Waals surface area contributed by atoms with Gasteiger partial charge < -0.3 is 16.4 Å². The SMILES string of the molecule is Cn1c(=O)cc(N2CCC[C@@H](N)C2)n(Cc2ccc(F)cc2C(N)=O)c1=O. The lowest BCUT2D eigenvalue weighted by molar-refractivity contribution is 0.0999. The highest BCUT2D eigenvalue weighted by Gasteiger charge is 2.22. The number of rotatable bonds is 4. The van der Waals surface area contributed by atoms with E-state index in [-0.39, 0.29) is 18.2 Å². The number of carbonyl (C=O) groups excluding carboxylic acids is 1. The van der Waals surface area contributed by atoms with E-state index in [1.807, 2.05) is 4.90 Å². The number of anilines is 1. The van der Waals surface area contributed by atoms with Crippen molar-refractivity contribution >= 4 is 11.7 Å². The lowest BCUT2D eigenvalue weighted by Crippen LogP contribution is -2.47. The van der Waals surface area contributed by atoms with Gasteiger partial charge in [0.2, 0.25) is 5.91 Å². The van der Waals surface area contributed by atoms with Crippen molar-refractivity contribution < 1.29 is 9.18 Å². The minimum Gasteiger partial charge on any atom is -0.366 e. The molecule has 8 nitrogen and oxygen atoms in total. The summed E-state index contributed by atoms with van der Waals surface area (Å²) in [4.78, 5) is 38.5. The zero-order valence-electron chi connectivity index (χ0n) is 15.0. The van der Waals surface area contributed by atoms with Crippen molar-refractivity contribution in [3.05, 3.63) is 62.0 Å². The number of amides is 1. The van der Waals surface area contributed by atoms with Gasteiger partial charge in [-0.3, -0.25) is 18.7 Å². The van der Waals surface area contributed by atoms with E-state index in [4.69, 9.17) is 11.5 Å². The molecule has 1 fully saturated rings. The van der Waals surface area contributed by atoms with Crippen LogP contribution in [0.4, 0.5) is 10.2 Å². The Hall–Kier alpha value is -2.94. The number of hydrogen-bond donors (Lipinski definition) is 2. The molecule has 1 atom stereocenters. The molecule has 2 heterocycles. The van der Waals surface area contributed by atoms with Crippen LogP contribution in [0.3, 0.4) is 0 Å². The molecule has 4 N–H and O–H groups in total. The number of aromatic nitrogens is 2. The molecule has 1 amide bonds. The van der Waals surface area contributed by atoms with E-state index in [0.717, 1.165) is 23.5 Å². The van der Waals surface area contributed by atoms with Gasteiger partial charge in [0.25, 0.3) is 5.56 Å². The summed E-state index contributed by atoms with van der Waals surface area (Å²) < 4.78 is 15.9. The van der Waals surface area contributed by atoms with Crippen LogP contribution in [0.2, 0.25) is 0 Å². The Morgan fingerprint density at radius 3 is 2.70 bits per heavy atom. The standard InChI is InChI=1S/C18H22FN5O3/c1-22-16(25)8-15(23-6-2-3-13(20)10-23)24(18(22)27)9-11-4-5-12(19)7-14(11)17(21)26/h4-5,7-8,13H,2-3,6,9-10,20H2,1H3,(H2,21,26)/t13-/m1/s1. The summed E-state index contributed by atoms with van der Waals surface area (Å²) >= 11 is 0. The second kappa shape index (κ2) is 7.36. The molecular weight excluding hydrogens is 353 g/mol. The summed E-state index contributed by atoms with van der Waals surface area (Å²) in [7, 11) is 1.38. The Kier molecular flexibility index (Phi) is 5.13. The normalized spacial score (nSPS) is 17.1. The second-order valence-corrected chi connectivity index (χ2v) is 6.78. The molecule has 1 aliphatic rings. The van der Waals surface area contributed by atoms with E-state index in [1.54, 1.807) is 0 Å². The van der Waals surface area contributed by atoms with Crippen molar-refractivity contribution in [2.45, 2.75) is 25.4 Å². The molecule has 144 valence electrons. The van der Waals surface area contributed by atoms with E-state index in [9.17, 15) is 18.8 Å². The second-order valence-electron chi connectivity index (χ2n) is 6.78. The largest absolute Gasteiger partial charge is 0.366 e. The van der Waals surface area contributed by atoms with Gasteiger partial charge in [0.15, 0.2) is 0 Å². The third-order valence-electron chi connectivity index (χ3n) is 4.83. The zero-order valence-corrected chi connectivity index (χ0v) is 15.0. The fourth-order valence-electron chi connectivity index (χ4n) is 3.37. The van der Waals surface area contributed by atoms with E-state index in [2.05, 4.69) is 0 Å². The van der Waals surface area contributed by atoms with Crippen LogP contribution in [0, 0.1) is 5.82 Å². The molecule has 27 heavy (non-hydrogen) atoms. The molecule has 1 aliphatic heterocycles. The van der Waals surface area contributed by atoms with Crippen molar-refractivity contribution in [2.24, 2.45) is 18.5 Å². The quantitative estimate of drug-likeness (QED) is 0.765. The maximum atomic E-state index is 13.5. The van der Waals surface area contributed by atoms with Gasteiger partial charge in [-0.25, -0.2) is 9.18 Å². The van der Waals surface area contributed by atoms with Gasteiger partial charge in [0, 0.05) is 37.8 Å². The van der Waals surface area contributed by atoms with Gasteiger partial charge in [-0.15, -0.1) is 0 Å². The van der Waals surface area contributed by atoms with Crippen LogP contribution in [-0.4, -0.2) is 34.2 Å². The predicted molar refractivity (Wildman–Crippen MR) is 99.4 cm³/mol. The first-order chi connectivity index (χ1) is 12.8. The number of benzene rings is 1. The van der Waals surface area contributed by atoms with Crippen LogP contribution < -0.4 is 27.6 Å². The molecule has 3 rings (SSSR count). The first-order valence-corrected chi connectivity index (χ1v) is 8.67. The van der Waals surface area contributed by atoms with Gasteiger partial charge in [-0.05, 0) is 30.5 Å². The van der Waals surface area contributed by atoms with Crippen LogP contribution in [0.5, 0.6) is 0 Å². The average molecular weight is 375 g/mol. The Bertz CT molecular complexity index is 997. The van der Waals surface area contributed by atoms with Gasteiger partial charge in [-0.1, -0.05) is 6.07 Å². The van der Waals surface area contributed by atoms with Gasteiger partial charge >= 0.3 is 5.69 Å². The molecule has 2 aromatic rings. The van der Waals surface area contributed by atoms with Crippen molar-refractivity contribution in [3.63, 3.8) is 0 Å². The van der Waals surface area contributed by atoms with Crippen molar-refractivity contribution in [1.82, 2.24) is 9.13 Å². The molecule has 0 aliphatic carbocycles. The molecule has 0 saturated carbocycles. The number of halogens is 1. The minimum atomic E-state index is -0.788. The monoisotopic (exact) mass is 375 g/mol. The maximum Gasteiger partial charge on any atom is 0.332 e. The fraction of sp³-hybridized carbons (Fsp3) is 0.389. The molecule has 0 unspecified atom stereocenters. The molecule has 1 aromatic heterocycles. The molecule has 0 spiro atoms.